The van der Waals surface area contributed by atoms with Gasteiger partial charge >= 0.3 is 12.1 Å². The molecule has 0 radical (unpaired) electrons. The van der Waals surface area contributed by atoms with Gasteiger partial charge < -0.3 is 15.0 Å². The Morgan fingerprint density at radius 3 is 2.46 bits per heavy atom. The van der Waals surface area contributed by atoms with Crippen LogP contribution in [0.1, 0.15) is 47.8 Å². The van der Waals surface area contributed by atoms with Gasteiger partial charge in [-0.3, -0.25) is 10.6 Å². The molecule has 0 spiro atoms. The molecule has 1 fully saturated rings. The number of aromatic nitrogens is 3. The Morgan fingerprint density at radius 2 is 1.70 bits per heavy atom. The predicted octanol–water partition coefficient (Wildman–Crippen LogP) is 9.07. The van der Waals surface area contributed by atoms with Crippen molar-refractivity contribution in [3.63, 3.8) is 0 Å². The summed E-state index contributed by atoms with van der Waals surface area (Å²) in [5, 5.41) is 15.4. The maximum Gasteiger partial charge on any atom is 0.324 e. The van der Waals surface area contributed by atoms with E-state index in [1.165, 1.54) is 0 Å². The third-order valence-corrected chi connectivity index (χ3v) is 9.09. The van der Waals surface area contributed by atoms with Gasteiger partial charge in [0.15, 0.2) is 0 Å². The second-order valence-electron chi connectivity index (χ2n) is 11.3. The second-order valence-corrected chi connectivity index (χ2v) is 12.8. The number of amides is 4. The minimum Gasteiger partial charge on any atom is -0.457 e. The van der Waals surface area contributed by atoms with Crippen LogP contribution in [0.4, 0.5) is 26.9 Å². The van der Waals surface area contributed by atoms with Gasteiger partial charge in [-0.05, 0) is 56.5 Å². The van der Waals surface area contributed by atoms with Crippen LogP contribution in [0.15, 0.2) is 85.1 Å². The molecule has 1 atom stereocenters. The van der Waals surface area contributed by atoms with Gasteiger partial charge in [-0.15, -0.1) is 0 Å². The quantitative estimate of drug-likeness (QED) is 0.104. The van der Waals surface area contributed by atoms with Crippen molar-refractivity contribution in [2.24, 2.45) is 0 Å². The van der Waals surface area contributed by atoms with E-state index >= 15 is 0 Å². The molecule has 11 heteroatoms. The van der Waals surface area contributed by atoms with Gasteiger partial charge in [0.05, 0.1) is 21.0 Å². The monoisotopic (exact) mass is 729 g/mol. The van der Waals surface area contributed by atoms with E-state index in [2.05, 4.69) is 50.4 Å². The molecule has 10 nitrogen and oxygen atoms in total. The summed E-state index contributed by atoms with van der Waals surface area (Å²) in [7, 11) is 0. The number of urea groups is 2. The van der Waals surface area contributed by atoms with Crippen molar-refractivity contribution < 1.29 is 14.3 Å². The molecule has 6 rings (SSSR count). The summed E-state index contributed by atoms with van der Waals surface area (Å²) in [6.07, 6.45) is 5.66. The normalized spacial score (nSPS) is 13.4. The number of carbonyl (C=O) groups excluding carboxylic acids is 2. The van der Waals surface area contributed by atoms with E-state index in [9.17, 15) is 9.59 Å². The first-order valence-electron chi connectivity index (χ1n) is 15.5. The molecule has 3 heterocycles. The molecule has 1 aliphatic heterocycles. The summed E-state index contributed by atoms with van der Waals surface area (Å²) in [4.78, 5) is 32.0. The van der Waals surface area contributed by atoms with Crippen molar-refractivity contribution >= 4 is 62.7 Å². The molecule has 3 N–H and O–H groups in total. The van der Waals surface area contributed by atoms with Crippen molar-refractivity contribution in [2.45, 2.75) is 43.5 Å². The van der Waals surface area contributed by atoms with Crippen LogP contribution >= 0.6 is 22.6 Å². The number of anilines is 3. The molecule has 3 aromatic carbocycles. The zero-order valence-electron chi connectivity index (χ0n) is 25.8. The largest absolute Gasteiger partial charge is 0.457 e. The molecule has 236 valence electrons. The molecule has 0 saturated carbocycles. The Labute approximate surface area is 281 Å². The molecule has 5 aromatic rings. The van der Waals surface area contributed by atoms with Crippen molar-refractivity contribution in [3.8, 4) is 17.2 Å². The Balaban J connectivity index is 1.21. The average molecular weight is 730 g/mol. The summed E-state index contributed by atoms with van der Waals surface area (Å²) < 4.78 is 8.28. The minimum absolute atomic E-state index is 0.158. The number of likely N-dealkylation sites (tertiary alicyclic amines) is 1. The topological polar surface area (TPSA) is 113 Å². The van der Waals surface area contributed by atoms with E-state index in [0.29, 0.717) is 28.8 Å². The van der Waals surface area contributed by atoms with E-state index in [0.717, 1.165) is 66.5 Å². The Kier molecular flexibility index (Phi) is 9.67. The number of ether oxygens (including phenoxy) is 1. The number of carbonyl (C=O) groups is 2. The van der Waals surface area contributed by atoms with Gasteiger partial charge in [0.1, 0.15) is 23.1 Å². The summed E-state index contributed by atoms with van der Waals surface area (Å²) in [5.74, 6) is 2.15. The average Bonchev–Trinajstić information content (AvgIpc) is 3.74. The third kappa shape index (κ3) is 7.25. The summed E-state index contributed by atoms with van der Waals surface area (Å²) in [6, 6.07) is 24.3. The highest BCUT2D eigenvalue weighted by molar-refractivity contribution is 14.1. The van der Waals surface area contributed by atoms with Crippen LogP contribution in [-0.4, -0.2) is 44.8 Å². The number of hydrogen-bond acceptors (Lipinski definition) is 5. The Morgan fingerprint density at radius 1 is 0.935 bits per heavy atom. The van der Waals surface area contributed by atoms with Crippen LogP contribution in [0.25, 0.3) is 16.5 Å². The fraction of sp³-hybridized carbons (Fsp3) is 0.257. The van der Waals surface area contributed by atoms with Crippen molar-refractivity contribution in [3.05, 3.63) is 96.3 Å². The maximum absolute atomic E-state index is 13.4. The molecule has 0 bridgehead atoms. The molecule has 1 saturated heterocycles. The number of hydrogen-bond donors (Lipinski definition) is 3. The van der Waals surface area contributed by atoms with Crippen molar-refractivity contribution in [1.82, 2.24) is 19.7 Å². The number of rotatable bonds is 9. The summed E-state index contributed by atoms with van der Waals surface area (Å²) in [6.45, 7) is 5.70. The molecule has 0 aliphatic carbocycles. The molecular weight excluding hydrogens is 693 g/mol. The first-order valence-corrected chi connectivity index (χ1v) is 16.7. The predicted molar refractivity (Wildman–Crippen MR) is 191 cm³/mol. The van der Waals surface area contributed by atoms with Crippen molar-refractivity contribution in [1.29, 1.82) is 0 Å². The standard InChI is InChI=1S/C35H36IN7O3/c1-3-8-28(36)30-22-33(43(41-30)24-13-11-23(2)12-14-24)40-34(44)38-29-15-16-31(27-10-5-4-9-26(27)29)46-25-17-18-37-32(21-25)39-35(45)42-19-6-7-20-42/h4-5,9-18,21-22,28H,3,6-8,19-20H2,1-2H3,(H,37,39,45)(H2,38,40,44). The third-order valence-electron chi connectivity index (χ3n) is 7.83. The smallest absolute Gasteiger partial charge is 0.324 e. The number of halogens is 1. The van der Waals surface area contributed by atoms with Crippen LogP contribution in [0.3, 0.4) is 0 Å². The van der Waals surface area contributed by atoms with E-state index in [4.69, 9.17) is 9.84 Å². The van der Waals surface area contributed by atoms with Gasteiger partial charge in [0.25, 0.3) is 0 Å². The molecule has 1 aliphatic rings. The van der Waals surface area contributed by atoms with Crippen molar-refractivity contribution in [2.75, 3.05) is 29.0 Å². The maximum atomic E-state index is 13.4. The lowest BCUT2D eigenvalue weighted by Crippen LogP contribution is -2.32. The van der Waals surface area contributed by atoms with E-state index in [1.54, 1.807) is 27.9 Å². The number of benzene rings is 3. The summed E-state index contributed by atoms with van der Waals surface area (Å²) >= 11 is 2.41. The lowest BCUT2D eigenvalue weighted by Gasteiger charge is -2.16. The lowest BCUT2D eigenvalue weighted by atomic mass is 10.1. The zero-order valence-corrected chi connectivity index (χ0v) is 28.0. The van der Waals surface area contributed by atoms with Gasteiger partial charge in [-0.1, -0.05) is 77.9 Å². The highest BCUT2D eigenvalue weighted by Gasteiger charge is 2.20. The van der Waals surface area contributed by atoms with Crippen LogP contribution in [-0.2, 0) is 0 Å². The number of fused-ring (bicyclic) bond motifs is 1. The number of pyridine rings is 1. The van der Waals surface area contributed by atoms with E-state index in [1.807, 2.05) is 73.7 Å². The van der Waals surface area contributed by atoms with E-state index < -0.39 is 0 Å². The first-order chi connectivity index (χ1) is 22.4. The van der Waals surface area contributed by atoms with Crippen LogP contribution in [0.5, 0.6) is 11.5 Å². The van der Waals surface area contributed by atoms with Gasteiger partial charge in [-0.2, -0.15) is 5.10 Å². The van der Waals surface area contributed by atoms with Gasteiger partial charge in [0.2, 0.25) is 0 Å². The molecule has 4 amide bonds. The lowest BCUT2D eigenvalue weighted by molar-refractivity contribution is 0.222. The fourth-order valence-corrected chi connectivity index (χ4v) is 6.37. The fourth-order valence-electron chi connectivity index (χ4n) is 5.44. The minimum atomic E-state index is -0.383. The first kappa shape index (κ1) is 31.3. The Hall–Kier alpha value is -4.65. The molecule has 2 aromatic heterocycles. The Bertz CT molecular complexity index is 1850. The van der Waals surface area contributed by atoms with Crippen LogP contribution < -0.4 is 20.7 Å². The highest BCUT2D eigenvalue weighted by Crippen LogP contribution is 2.35. The molecule has 46 heavy (non-hydrogen) atoms. The number of aryl methyl sites for hydroxylation is 1. The zero-order chi connectivity index (χ0) is 32.0. The number of nitrogens with one attached hydrogen (secondary N) is 3. The van der Waals surface area contributed by atoms with Crippen LogP contribution in [0.2, 0.25) is 0 Å². The van der Waals surface area contributed by atoms with Crippen LogP contribution in [0, 0.1) is 6.92 Å². The summed E-state index contributed by atoms with van der Waals surface area (Å²) in [5.41, 5.74) is 3.57. The molecular formula is C35H36IN7O3. The van der Waals surface area contributed by atoms with Gasteiger partial charge in [0, 0.05) is 42.2 Å². The second kappa shape index (κ2) is 14.2. The highest BCUT2D eigenvalue weighted by atomic mass is 127. The van der Waals surface area contributed by atoms with Gasteiger partial charge in [-0.25, -0.2) is 19.3 Å². The molecule has 1 unspecified atom stereocenters. The van der Waals surface area contributed by atoms with E-state index in [-0.39, 0.29) is 16.0 Å². The number of nitrogens with zero attached hydrogens (tertiary/aromatic N) is 4. The number of alkyl halides is 1. The SMILES string of the molecule is CCCC(I)c1cc(NC(=O)Nc2ccc(Oc3ccnc(NC(=O)N4CCCC4)c3)c3ccccc23)n(-c2ccc(C)cc2)n1.